The lowest BCUT2D eigenvalue weighted by atomic mass is 10.0. The van der Waals surface area contributed by atoms with E-state index in [0.717, 1.165) is 13.0 Å². The van der Waals surface area contributed by atoms with E-state index in [9.17, 15) is 5.11 Å². The lowest BCUT2D eigenvalue weighted by Gasteiger charge is -2.35. The van der Waals surface area contributed by atoms with Crippen LogP contribution in [0.5, 0.6) is 0 Å². The number of unbranched alkanes of at least 4 members (excludes halogenated alkanes) is 5. The molecule has 0 amide bonds. The molecule has 0 bridgehead atoms. The third-order valence-corrected chi connectivity index (χ3v) is 4.33. The van der Waals surface area contributed by atoms with Crippen LogP contribution in [0.2, 0.25) is 0 Å². The third-order valence-electron chi connectivity index (χ3n) is 4.33. The molecule has 1 N–H and O–H groups in total. The summed E-state index contributed by atoms with van der Waals surface area (Å²) in [5.41, 5.74) is 0.638. The van der Waals surface area contributed by atoms with E-state index in [1.54, 1.807) is 0 Å². The van der Waals surface area contributed by atoms with Gasteiger partial charge in [0, 0.05) is 12.7 Å². The van der Waals surface area contributed by atoms with Gasteiger partial charge in [0.1, 0.15) is 0 Å². The highest BCUT2D eigenvalue weighted by Crippen LogP contribution is 2.19. The Morgan fingerprint density at radius 3 is 2.32 bits per heavy atom. The molecule has 2 nitrogen and oxygen atoms in total. The van der Waals surface area contributed by atoms with E-state index in [2.05, 4.69) is 30.3 Å². The molecule has 0 radical (unpaired) electrons. The van der Waals surface area contributed by atoms with Gasteiger partial charge < -0.3 is 10.0 Å². The van der Waals surface area contributed by atoms with Crippen LogP contribution in [0, 0.1) is 0 Å². The molecule has 0 fully saturated rings. The zero-order valence-corrected chi connectivity index (χ0v) is 13.7. The minimum atomic E-state index is -0.815. The van der Waals surface area contributed by atoms with E-state index in [4.69, 9.17) is 0 Å². The van der Waals surface area contributed by atoms with Crippen molar-refractivity contribution >= 4 is 0 Å². The summed E-state index contributed by atoms with van der Waals surface area (Å²) in [4.78, 5) is 2.02. The topological polar surface area (TPSA) is 23.5 Å². The Morgan fingerprint density at radius 2 is 1.59 bits per heavy atom. The van der Waals surface area contributed by atoms with Gasteiger partial charge in [0.05, 0.1) is 0 Å². The molecule has 2 rings (SSSR count). The fourth-order valence-corrected chi connectivity index (χ4v) is 2.90. The average Bonchev–Trinajstić information content (AvgIpc) is 2.52. The van der Waals surface area contributed by atoms with Crippen LogP contribution in [0.25, 0.3) is 0 Å². The zero-order valence-electron chi connectivity index (χ0n) is 13.7. The quantitative estimate of drug-likeness (QED) is 0.670. The fraction of sp³-hybridized carbons (Fsp3) is 0.500. The number of aliphatic hydroxyl groups is 1. The van der Waals surface area contributed by atoms with Crippen LogP contribution in [0.15, 0.2) is 54.8 Å². The Labute approximate surface area is 135 Å². The molecule has 0 saturated carbocycles. The van der Waals surface area contributed by atoms with Crippen molar-refractivity contribution in [3.05, 3.63) is 60.3 Å². The number of allylic oxidation sites excluding steroid dienone is 2. The molecule has 1 aromatic carbocycles. The van der Waals surface area contributed by atoms with Crippen molar-refractivity contribution in [2.75, 3.05) is 6.54 Å². The number of benzene rings is 1. The summed E-state index contributed by atoms with van der Waals surface area (Å²) in [6, 6.07) is 10.7. The SMILES string of the molecule is CC1(O)C=CC=CN1CCCCCCCCc1ccccc1. The van der Waals surface area contributed by atoms with Crippen LogP contribution in [0.3, 0.4) is 0 Å². The zero-order chi connectivity index (χ0) is 15.7. The Balaban J connectivity index is 1.48. The first-order chi connectivity index (χ1) is 10.7. The van der Waals surface area contributed by atoms with Crippen molar-refractivity contribution in [2.24, 2.45) is 0 Å². The summed E-state index contributed by atoms with van der Waals surface area (Å²) < 4.78 is 0. The van der Waals surface area contributed by atoms with Crippen LogP contribution in [-0.4, -0.2) is 22.3 Å². The van der Waals surface area contributed by atoms with E-state index in [0.29, 0.717) is 0 Å². The largest absolute Gasteiger partial charge is 0.368 e. The maximum absolute atomic E-state index is 10.2. The maximum Gasteiger partial charge on any atom is 0.154 e. The van der Waals surface area contributed by atoms with E-state index in [1.807, 2.05) is 36.3 Å². The first-order valence-electron chi connectivity index (χ1n) is 8.57. The lowest BCUT2D eigenvalue weighted by molar-refractivity contribution is -0.0248. The molecular weight excluding hydrogens is 270 g/mol. The molecular formula is C20H29NO. The van der Waals surface area contributed by atoms with Gasteiger partial charge in [-0.05, 0) is 43.9 Å². The van der Waals surface area contributed by atoms with E-state index in [1.165, 1.54) is 44.1 Å². The predicted octanol–water partition coefficient (Wildman–Crippen LogP) is 4.66. The number of hydrogen-bond acceptors (Lipinski definition) is 2. The smallest absolute Gasteiger partial charge is 0.154 e. The predicted molar refractivity (Wildman–Crippen MR) is 93.5 cm³/mol. The lowest BCUT2D eigenvalue weighted by Crippen LogP contribution is -2.42. The maximum atomic E-state index is 10.2. The molecule has 2 heteroatoms. The second-order valence-electron chi connectivity index (χ2n) is 6.35. The Hall–Kier alpha value is -1.54. The molecule has 120 valence electrons. The van der Waals surface area contributed by atoms with Crippen molar-refractivity contribution in [1.29, 1.82) is 0 Å². The van der Waals surface area contributed by atoms with Gasteiger partial charge in [-0.3, -0.25) is 0 Å². The molecule has 1 heterocycles. The highest BCUT2D eigenvalue weighted by atomic mass is 16.3. The van der Waals surface area contributed by atoms with Gasteiger partial charge in [-0.15, -0.1) is 0 Å². The number of nitrogens with zero attached hydrogens (tertiary/aromatic N) is 1. The summed E-state index contributed by atoms with van der Waals surface area (Å²) >= 11 is 0. The summed E-state index contributed by atoms with van der Waals surface area (Å²) in [5, 5.41) is 10.2. The molecule has 22 heavy (non-hydrogen) atoms. The van der Waals surface area contributed by atoms with Gasteiger partial charge in [-0.1, -0.05) is 62.1 Å². The highest BCUT2D eigenvalue weighted by Gasteiger charge is 2.23. The molecule has 1 unspecified atom stereocenters. The Kier molecular flexibility index (Phi) is 6.73. The summed E-state index contributed by atoms with van der Waals surface area (Å²) in [7, 11) is 0. The van der Waals surface area contributed by atoms with Crippen LogP contribution in [-0.2, 0) is 6.42 Å². The number of aryl methyl sites for hydroxylation is 1. The van der Waals surface area contributed by atoms with Gasteiger partial charge in [0.2, 0.25) is 0 Å². The molecule has 1 atom stereocenters. The van der Waals surface area contributed by atoms with Crippen LogP contribution < -0.4 is 0 Å². The van der Waals surface area contributed by atoms with Crippen LogP contribution >= 0.6 is 0 Å². The molecule has 0 saturated heterocycles. The first-order valence-corrected chi connectivity index (χ1v) is 8.57. The van der Waals surface area contributed by atoms with Gasteiger partial charge in [0.15, 0.2) is 5.72 Å². The third kappa shape index (κ3) is 5.69. The van der Waals surface area contributed by atoms with Crippen molar-refractivity contribution in [1.82, 2.24) is 4.90 Å². The fourth-order valence-electron chi connectivity index (χ4n) is 2.90. The van der Waals surface area contributed by atoms with E-state index >= 15 is 0 Å². The van der Waals surface area contributed by atoms with Crippen LogP contribution in [0.1, 0.15) is 51.0 Å². The van der Waals surface area contributed by atoms with Gasteiger partial charge in [0.25, 0.3) is 0 Å². The minimum Gasteiger partial charge on any atom is -0.368 e. The minimum absolute atomic E-state index is 0.815. The van der Waals surface area contributed by atoms with Crippen molar-refractivity contribution in [3.63, 3.8) is 0 Å². The standard InChI is InChI=1S/C20H29NO/c1-20(22)16-10-12-18-21(20)17-11-5-3-2-4-7-13-19-14-8-6-9-15-19/h6,8-10,12,14-16,18,22H,2-5,7,11,13,17H2,1H3. The van der Waals surface area contributed by atoms with Gasteiger partial charge in [-0.2, -0.15) is 0 Å². The Morgan fingerprint density at radius 1 is 0.909 bits per heavy atom. The summed E-state index contributed by atoms with van der Waals surface area (Å²) in [6.45, 7) is 2.77. The molecule has 1 aliphatic rings. The summed E-state index contributed by atoms with van der Waals surface area (Å²) in [5.74, 6) is 0. The number of hydrogen-bond donors (Lipinski definition) is 1. The average molecular weight is 299 g/mol. The van der Waals surface area contributed by atoms with Crippen molar-refractivity contribution < 1.29 is 5.11 Å². The highest BCUT2D eigenvalue weighted by molar-refractivity contribution is 5.15. The molecule has 1 aromatic rings. The number of rotatable bonds is 9. The second kappa shape index (κ2) is 8.79. The normalized spacial score (nSPS) is 20.5. The molecule has 0 aliphatic carbocycles. The molecule has 0 spiro atoms. The molecule has 1 aliphatic heterocycles. The van der Waals surface area contributed by atoms with Crippen molar-refractivity contribution in [3.8, 4) is 0 Å². The first kappa shape index (κ1) is 16.8. The molecule has 0 aromatic heterocycles. The summed E-state index contributed by atoms with van der Waals surface area (Å²) in [6.07, 6.45) is 16.5. The van der Waals surface area contributed by atoms with Gasteiger partial charge in [-0.25, -0.2) is 0 Å². The second-order valence-corrected chi connectivity index (χ2v) is 6.35. The van der Waals surface area contributed by atoms with E-state index < -0.39 is 5.72 Å². The van der Waals surface area contributed by atoms with Gasteiger partial charge >= 0.3 is 0 Å². The monoisotopic (exact) mass is 299 g/mol. The Bertz CT molecular complexity index is 476. The van der Waals surface area contributed by atoms with E-state index in [-0.39, 0.29) is 0 Å². The van der Waals surface area contributed by atoms with Crippen molar-refractivity contribution in [2.45, 2.75) is 57.6 Å². The van der Waals surface area contributed by atoms with Crippen LogP contribution in [0.4, 0.5) is 0 Å².